The number of aryl methyl sites for hydroxylation is 2. The maximum absolute atomic E-state index is 12.8. The van der Waals surface area contributed by atoms with E-state index in [0.717, 1.165) is 17.0 Å². The summed E-state index contributed by atoms with van der Waals surface area (Å²) in [5, 5.41) is 4.27. The molecule has 0 fully saturated rings. The Morgan fingerprint density at radius 3 is 2.74 bits per heavy atom. The van der Waals surface area contributed by atoms with Crippen LogP contribution in [0.1, 0.15) is 52.9 Å². The molecule has 6 heteroatoms. The van der Waals surface area contributed by atoms with E-state index in [2.05, 4.69) is 5.10 Å². The van der Waals surface area contributed by atoms with E-state index in [-0.39, 0.29) is 17.4 Å². The van der Waals surface area contributed by atoms with Gasteiger partial charge in [-0.15, -0.1) is 0 Å². The molecule has 2 aromatic rings. The number of furan rings is 1. The second-order valence-electron chi connectivity index (χ2n) is 6.33. The normalized spacial score (nSPS) is 14.2. The molecule has 0 N–H and O–H groups in total. The van der Waals surface area contributed by atoms with Gasteiger partial charge in [-0.1, -0.05) is 13.8 Å². The van der Waals surface area contributed by atoms with Gasteiger partial charge in [-0.25, -0.2) is 4.68 Å². The standard InChI is InChI=1S/C17H21N3O3/c1-10(2)15-8-13(11(3)23-15)17(22)20-6-5-14-12(9-20)7-16(21)19(4)18-14/h7-8,10H,5-6,9H2,1-4H3. The predicted molar refractivity (Wildman–Crippen MR) is 85.5 cm³/mol. The molecule has 1 amide bonds. The van der Waals surface area contributed by atoms with Crippen molar-refractivity contribution in [3.8, 4) is 0 Å². The minimum Gasteiger partial charge on any atom is -0.465 e. The van der Waals surface area contributed by atoms with Crippen molar-refractivity contribution in [2.45, 2.75) is 39.7 Å². The zero-order chi connectivity index (χ0) is 16.7. The minimum absolute atomic E-state index is 0.0514. The monoisotopic (exact) mass is 315 g/mol. The zero-order valence-electron chi connectivity index (χ0n) is 13.9. The van der Waals surface area contributed by atoms with Gasteiger partial charge in [-0.05, 0) is 13.0 Å². The molecule has 0 saturated heterocycles. The summed E-state index contributed by atoms with van der Waals surface area (Å²) in [6.45, 7) is 6.89. The van der Waals surface area contributed by atoms with Gasteiger partial charge in [0.15, 0.2) is 0 Å². The molecule has 23 heavy (non-hydrogen) atoms. The lowest BCUT2D eigenvalue weighted by molar-refractivity contribution is 0.0731. The van der Waals surface area contributed by atoms with Crippen molar-refractivity contribution in [3.63, 3.8) is 0 Å². The van der Waals surface area contributed by atoms with E-state index in [1.165, 1.54) is 4.68 Å². The highest BCUT2D eigenvalue weighted by Crippen LogP contribution is 2.25. The maximum atomic E-state index is 12.8. The van der Waals surface area contributed by atoms with Crippen molar-refractivity contribution in [2.75, 3.05) is 6.54 Å². The molecule has 3 rings (SSSR count). The topological polar surface area (TPSA) is 68.3 Å². The van der Waals surface area contributed by atoms with Crippen molar-refractivity contribution in [2.24, 2.45) is 7.05 Å². The molecule has 0 bridgehead atoms. The lowest BCUT2D eigenvalue weighted by Gasteiger charge is -2.28. The van der Waals surface area contributed by atoms with E-state index in [0.29, 0.717) is 30.8 Å². The Labute approximate surface area is 134 Å². The first-order valence-electron chi connectivity index (χ1n) is 7.82. The second kappa shape index (κ2) is 5.68. The largest absolute Gasteiger partial charge is 0.465 e. The molecule has 0 aromatic carbocycles. The van der Waals surface area contributed by atoms with Gasteiger partial charge in [-0.3, -0.25) is 9.59 Å². The van der Waals surface area contributed by atoms with Crippen molar-refractivity contribution in [3.05, 3.63) is 50.8 Å². The van der Waals surface area contributed by atoms with Crippen molar-refractivity contribution < 1.29 is 9.21 Å². The van der Waals surface area contributed by atoms with Crippen molar-refractivity contribution in [1.29, 1.82) is 0 Å². The fourth-order valence-corrected chi connectivity index (χ4v) is 2.84. The second-order valence-corrected chi connectivity index (χ2v) is 6.33. The molecular weight excluding hydrogens is 294 g/mol. The smallest absolute Gasteiger partial charge is 0.266 e. The number of aromatic nitrogens is 2. The van der Waals surface area contributed by atoms with Gasteiger partial charge < -0.3 is 9.32 Å². The highest BCUT2D eigenvalue weighted by molar-refractivity contribution is 5.95. The van der Waals surface area contributed by atoms with E-state index < -0.39 is 0 Å². The van der Waals surface area contributed by atoms with Crippen LogP contribution in [0.2, 0.25) is 0 Å². The first kappa shape index (κ1) is 15.5. The number of nitrogens with zero attached hydrogens (tertiary/aromatic N) is 3. The molecule has 0 saturated carbocycles. The SMILES string of the molecule is Cc1oc(C(C)C)cc1C(=O)N1CCc2nn(C)c(=O)cc2C1. The van der Waals surface area contributed by atoms with E-state index in [9.17, 15) is 9.59 Å². The Kier molecular flexibility index (Phi) is 3.83. The van der Waals surface area contributed by atoms with Crippen LogP contribution in [0, 0.1) is 6.92 Å². The van der Waals surface area contributed by atoms with Crippen LogP contribution in [0.5, 0.6) is 0 Å². The number of hydrogen-bond acceptors (Lipinski definition) is 4. The molecule has 0 spiro atoms. The van der Waals surface area contributed by atoms with Crippen LogP contribution >= 0.6 is 0 Å². The predicted octanol–water partition coefficient (Wildman–Crippen LogP) is 2.00. The molecule has 122 valence electrons. The van der Waals surface area contributed by atoms with Gasteiger partial charge in [0.2, 0.25) is 0 Å². The number of amides is 1. The summed E-state index contributed by atoms with van der Waals surface area (Å²) in [5.41, 5.74) is 2.18. The molecule has 2 aromatic heterocycles. The molecule has 1 aliphatic rings. The Morgan fingerprint density at radius 2 is 2.09 bits per heavy atom. The average molecular weight is 315 g/mol. The van der Waals surface area contributed by atoms with Crippen LogP contribution in [-0.2, 0) is 20.0 Å². The molecule has 3 heterocycles. The van der Waals surface area contributed by atoms with Gasteiger partial charge in [0.05, 0.1) is 11.3 Å². The van der Waals surface area contributed by atoms with Gasteiger partial charge in [0, 0.05) is 44.1 Å². The summed E-state index contributed by atoms with van der Waals surface area (Å²) in [4.78, 5) is 26.3. The highest BCUT2D eigenvalue weighted by atomic mass is 16.3. The number of rotatable bonds is 2. The summed E-state index contributed by atoms with van der Waals surface area (Å²) in [5.74, 6) is 1.65. The van der Waals surface area contributed by atoms with E-state index in [1.807, 2.05) is 26.8 Å². The Morgan fingerprint density at radius 1 is 1.35 bits per heavy atom. The summed E-state index contributed by atoms with van der Waals surface area (Å²) >= 11 is 0. The first-order chi connectivity index (χ1) is 10.9. The quantitative estimate of drug-likeness (QED) is 0.850. The number of hydrogen-bond donors (Lipinski definition) is 0. The number of fused-ring (bicyclic) bond motifs is 1. The molecule has 6 nitrogen and oxygen atoms in total. The van der Waals surface area contributed by atoms with Gasteiger partial charge in [0.1, 0.15) is 11.5 Å². The van der Waals surface area contributed by atoms with Crippen molar-refractivity contribution in [1.82, 2.24) is 14.7 Å². The fraction of sp³-hybridized carbons (Fsp3) is 0.471. The molecule has 0 radical (unpaired) electrons. The third kappa shape index (κ3) is 2.81. The third-order valence-corrected chi connectivity index (χ3v) is 4.26. The average Bonchev–Trinajstić information content (AvgIpc) is 2.89. The van der Waals surface area contributed by atoms with Crippen LogP contribution in [0.3, 0.4) is 0 Å². The Hall–Kier alpha value is -2.37. The minimum atomic E-state index is -0.153. The molecule has 0 unspecified atom stereocenters. The van der Waals surface area contributed by atoms with Gasteiger partial charge >= 0.3 is 0 Å². The van der Waals surface area contributed by atoms with Crippen LogP contribution in [0.4, 0.5) is 0 Å². The lowest BCUT2D eigenvalue weighted by Crippen LogP contribution is -2.38. The van der Waals surface area contributed by atoms with Crippen LogP contribution in [-0.4, -0.2) is 27.1 Å². The lowest BCUT2D eigenvalue weighted by atomic mass is 10.0. The molecule has 1 aliphatic heterocycles. The van der Waals surface area contributed by atoms with Gasteiger partial charge in [0.25, 0.3) is 11.5 Å². The third-order valence-electron chi connectivity index (χ3n) is 4.26. The van der Waals surface area contributed by atoms with E-state index >= 15 is 0 Å². The number of carbonyl (C=O) groups excluding carboxylic acids is 1. The molecular formula is C17H21N3O3. The summed E-state index contributed by atoms with van der Waals surface area (Å²) < 4.78 is 7.02. The van der Waals surface area contributed by atoms with Crippen LogP contribution in [0.15, 0.2) is 21.3 Å². The zero-order valence-corrected chi connectivity index (χ0v) is 13.9. The first-order valence-corrected chi connectivity index (χ1v) is 7.82. The molecule has 0 atom stereocenters. The highest BCUT2D eigenvalue weighted by Gasteiger charge is 2.26. The summed E-state index contributed by atoms with van der Waals surface area (Å²) in [7, 11) is 1.64. The summed E-state index contributed by atoms with van der Waals surface area (Å²) in [6.07, 6.45) is 0.656. The summed E-state index contributed by atoms with van der Waals surface area (Å²) in [6, 6.07) is 3.41. The van der Waals surface area contributed by atoms with E-state index in [4.69, 9.17) is 4.42 Å². The molecule has 0 aliphatic carbocycles. The van der Waals surface area contributed by atoms with Crippen molar-refractivity contribution >= 4 is 5.91 Å². The maximum Gasteiger partial charge on any atom is 0.266 e. The van der Waals surface area contributed by atoms with Gasteiger partial charge in [-0.2, -0.15) is 5.10 Å². The van der Waals surface area contributed by atoms with E-state index in [1.54, 1.807) is 18.0 Å². The number of carbonyl (C=O) groups is 1. The fourth-order valence-electron chi connectivity index (χ4n) is 2.84. The van der Waals surface area contributed by atoms with Crippen LogP contribution in [0.25, 0.3) is 0 Å². The Balaban J connectivity index is 1.87. The van der Waals surface area contributed by atoms with Crippen LogP contribution < -0.4 is 5.56 Å². The Bertz CT molecular complexity index is 817.